The number of nitrogens with two attached hydrogens (primary N) is 2. The van der Waals surface area contributed by atoms with E-state index in [9.17, 15) is 0 Å². The van der Waals surface area contributed by atoms with Gasteiger partial charge in [0.2, 0.25) is 0 Å². The van der Waals surface area contributed by atoms with Crippen LogP contribution >= 0.6 is 0 Å². The molecule has 0 aromatic rings. The minimum atomic E-state index is -0.833. The van der Waals surface area contributed by atoms with Crippen molar-refractivity contribution in [1.29, 1.82) is 0 Å². The van der Waals surface area contributed by atoms with Gasteiger partial charge in [0.05, 0.1) is 0 Å². The first-order chi connectivity index (χ1) is 12.1. The van der Waals surface area contributed by atoms with Crippen LogP contribution in [0.5, 0.6) is 0 Å². The molecular weight excluding hydrogens is 520 g/mol. The van der Waals surface area contributed by atoms with Gasteiger partial charge in [-0.2, -0.15) is 0 Å². The summed E-state index contributed by atoms with van der Waals surface area (Å²) in [7, 11) is 0. The van der Waals surface area contributed by atoms with Gasteiger partial charge in [-0.3, -0.25) is 24.0 Å². The molecule has 0 saturated carbocycles. The van der Waals surface area contributed by atoms with E-state index < -0.39 is 29.8 Å². The predicted octanol–water partition coefficient (Wildman–Crippen LogP) is -7.04. The molecule has 0 unspecified atom stereocenters. The number of hydrogen-bond acceptors (Lipinski definition) is 8. The average Bonchev–Trinajstić information content (AvgIpc) is 2.35. The Morgan fingerprint density at radius 3 is 0.759 bits per heavy atom. The van der Waals surface area contributed by atoms with Crippen LogP contribution in [0.4, 0.5) is 0 Å². The first kappa shape index (κ1) is 51.0. The standard InChI is InChI=1S/C4H13N3.5C2H4O2.HI.Na/c5-1-3-7-4-2-6;5*1-2(3)4;;/h7H,1-6H2;5*1H3,(H,3,4);1H;/q;;;;;;;+1/p-1. The molecule has 0 aliphatic carbocycles. The Hall–Kier alpha value is -1.04. The minimum Gasteiger partial charge on any atom is -1.00 e. The van der Waals surface area contributed by atoms with Crippen LogP contribution in [0.25, 0.3) is 0 Å². The van der Waals surface area contributed by atoms with Crippen LogP contribution in [-0.2, 0) is 24.0 Å². The van der Waals surface area contributed by atoms with E-state index in [0.717, 1.165) is 47.7 Å². The molecule has 15 heteroatoms. The summed E-state index contributed by atoms with van der Waals surface area (Å²) in [5.74, 6) is -4.17. The quantitative estimate of drug-likeness (QED) is 0.0917. The van der Waals surface area contributed by atoms with E-state index in [2.05, 4.69) is 5.32 Å². The zero-order valence-corrected chi connectivity index (χ0v) is 21.8. The van der Waals surface area contributed by atoms with Gasteiger partial charge in [0, 0.05) is 60.8 Å². The Morgan fingerprint density at radius 1 is 0.586 bits per heavy atom. The van der Waals surface area contributed by atoms with Crippen molar-refractivity contribution in [2.45, 2.75) is 34.6 Å². The molecule has 0 aliphatic rings. The van der Waals surface area contributed by atoms with Gasteiger partial charge in [-0.15, -0.1) is 0 Å². The number of hydrogen-bond donors (Lipinski definition) is 8. The Morgan fingerprint density at radius 2 is 0.690 bits per heavy atom. The molecule has 0 spiro atoms. The molecule has 0 saturated heterocycles. The third-order valence-electron chi connectivity index (χ3n) is 0.642. The molecule has 0 fully saturated rings. The largest absolute Gasteiger partial charge is 1.00 e. The number of nitrogens with one attached hydrogen (secondary N) is 1. The van der Waals surface area contributed by atoms with E-state index in [1.54, 1.807) is 0 Å². The molecule has 29 heavy (non-hydrogen) atoms. The molecule has 0 amide bonds. The van der Waals surface area contributed by atoms with Crippen molar-refractivity contribution in [3.05, 3.63) is 0 Å². The molecule has 0 aromatic carbocycles. The first-order valence-corrected chi connectivity index (χ1v) is 7.16. The summed E-state index contributed by atoms with van der Waals surface area (Å²) >= 11 is 0. The fourth-order valence-corrected chi connectivity index (χ4v) is 0.329. The summed E-state index contributed by atoms with van der Waals surface area (Å²) in [4.78, 5) is 45.0. The fourth-order valence-electron chi connectivity index (χ4n) is 0.329. The molecule has 172 valence electrons. The second-order valence-electron chi connectivity index (χ2n) is 3.92. The second kappa shape index (κ2) is 50.5. The van der Waals surface area contributed by atoms with Crippen molar-refractivity contribution in [1.82, 2.24) is 5.32 Å². The van der Waals surface area contributed by atoms with Crippen molar-refractivity contribution in [2.24, 2.45) is 11.5 Å². The SMILES string of the molecule is CC(=O)O.CC(=O)O.CC(=O)O.CC(=O)O.CC(=O)O.NCCNCCN.[I-].[Na+]. The summed E-state index contributed by atoms with van der Waals surface area (Å²) in [6, 6.07) is 0. The van der Waals surface area contributed by atoms with Crippen molar-refractivity contribution >= 4 is 29.8 Å². The maximum absolute atomic E-state index is 9.00. The summed E-state index contributed by atoms with van der Waals surface area (Å²) < 4.78 is 0. The number of carboxylic acids is 5. The van der Waals surface area contributed by atoms with E-state index in [1.807, 2.05) is 0 Å². The Bertz CT molecular complexity index is 295. The maximum Gasteiger partial charge on any atom is 1.00 e. The van der Waals surface area contributed by atoms with Gasteiger partial charge in [-0.05, 0) is 0 Å². The number of aliphatic carboxylic acids is 5. The van der Waals surface area contributed by atoms with Crippen molar-refractivity contribution in [3.8, 4) is 0 Å². The molecule has 0 aliphatic heterocycles. The van der Waals surface area contributed by atoms with Gasteiger partial charge in [-0.1, -0.05) is 0 Å². The van der Waals surface area contributed by atoms with Gasteiger partial charge in [0.15, 0.2) is 0 Å². The van der Waals surface area contributed by atoms with Gasteiger partial charge >= 0.3 is 29.6 Å². The molecule has 10 N–H and O–H groups in total. The molecular formula is C14H33IN3NaO10. The van der Waals surface area contributed by atoms with Gasteiger partial charge in [-0.25, -0.2) is 0 Å². The van der Waals surface area contributed by atoms with Crippen molar-refractivity contribution in [2.75, 3.05) is 26.2 Å². The molecule has 13 nitrogen and oxygen atoms in total. The van der Waals surface area contributed by atoms with Gasteiger partial charge in [0.25, 0.3) is 29.8 Å². The van der Waals surface area contributed by atoms with E-state index >= 15 is 0 Å². The van der Waals surface area contributed by atoms with Gasteiger partial charge < -0.3 is 66.3 Å². The summed E-state index contributed by atoms with van der Waals surface area (Å²) in [6.45, 7) is 8.55. The van der Waals surface area contributed by atoms with Crippen LogP contribution in [0.2, 0.25) is 0 Å². The Kier molecular flexibility index (Phi) is 88.9. The van der Waals surface area contributed by atoms with Crippen LogP contribution < -0.4 is 70.3 Å². The maximum atomic E-state index is 9.00. The minimum absolute atomic E-state index is 0. The first-order valence-electron chi connectivity index (χ1n) is 7.16. The molecule has 0 atom stereocenters. The topological polar surface area (TPSA) is 251 Å². The van der Waals surface area contributed by atoms with Crippen LogP contribution in [0, 0.1) is 0 Å². The van der Waals surface area contributed by atoms with Crippen LogP contribution in [0.3, 0.4) is 0 Å². The Balaban J connectivity index is -0.0000000305. The molecule has 0 aromatic heterocycles. The normalized spacial score (nSPS) is 6.59. The van der Waals surface area contributed by atoms with E-state index in [1.165, 1.54) is 0 Å². The zero-order valence-electron chi connectivity index (χ0n) is 17.6. The Labute approximate surface area is 209 Å². The monoisotopic (exact) mass is 553 g/mol. The van der Waals surface area contributed by atoms with Gasteiger partial charge in [0.1, 0.15) is 0 Å². The molecule has 0 heterocycles. The van der Waals surface area contributed by atoms with Crippen molar-refractivity contribution in [3.63, 3.8) is 0 Å². The fraction of sp³-hybridized carbons (Fsp3) is 0.643. The smallest absolute Gasteiger partial charge is 1.00 e. The predicted molar refractivity (Wildman–Crippen MR) is 97.5 cm³/mol. The third kappa shape index (κ3) is 1920. The van der Waals surface area contributed by atoms with E-state index in [0.29, 0.717) is 13.1 Å². The molecule has 0 bridgehead atoms. The van der Waals surface area contributed by atoms with Crippen LogP contribution in [0.15, 0.2) is 0 Å². The number of halogens is 1. The number of carbonyl (C=O) groups is 5. The zero-order chi connectivity index (χ0) is 23.4. The second-order valence-corrected chi connectivity index (χ2v) is 3.92. The summed E-state index contributed by atoms with van der Waals surface area (Å²) in [6.07, 6.45) is 0. The molecule has 0 rings (SSSR count). The summed E-state index contributed by atoms with van der Waals surface area (Å²) in [5.41, 5.74) is 10.3. The third-order valence-corrected chi connectivity index (χ3v) is 0.642. The number of carboxylic acid groups (broad SMARTS) is 5. The average molecular weight is 553 g/mol. The van der Waals surface area contributed by atoms with Crippen LogP contribution in [0.1, 0.15) is 34.6 Å². The van der Waals surface area contributed by atoms with E-state index in [-0.39, 0.29) is 53.5 Å². The van der Waals surface area contributed by atoms with Crippen molar-refractivity contribution < 1.29 is 103 Å². The number of rotatable bonds is 4. The van der Waals surface area contributed by atoms with E-state index in [4.69, 9.17) is 61.0 Å². The summed E-state index contributed by atoms with van der Waals surface area (Å²) in [5, 5.41) is 40.1. The van der Waals surface area contributed by atoms with Crippen LogP contribution in [-0.4, -0.2) is 81.6 Å². The molecule has 0 radical (unpaired) electrons.